The Balaban J connectivity index is 0.00000452. The predicted molar refractivity (Wildman–Crippen MR) is 300 cm³/mol. The van der Waals surface area contributed by atoms with Gasteiger partial charge in [-0.3, -0.25) is 28.8 Å². The van der Waals surface area contributed by atoms with Crippen LogP contribution < -0.4 is 261 Å². The van der Waals surface area contributed by atoms with Gasteiger partial charge in [0.1, 0.15) is 76.3 Å². The number of benzene rings is 4. The molecule has 3 aromatic carbocycles. The molecule has 1 aliphatic carbocycles. The molecular formula is C56H69K4N8O14S+5. The molecule has 3 heterocycles. The molecule has 0 aromatic heterocycles. The zero-order valence-electron chi connectivity index (χ0n) is 48.7. The fourth-order valence-electron chi connectivity index (χ4n) is 9.73. The zero-order valence-corrected chi connectivity index (χ0v) is 62.1. The molecule has 22 nitrogen and oxygen atoms in total. The summed E-state index contributed by atoms with van der Waals surface area (Å²) in [6.45, 7) is -2.27. The number of carbonyl (C=O) groups is 7. The average molecular weight is 1270 g/mol. The van der Waals surface area contributed by atoms with Crippen LogP contribution in [0.25, 0.3) is 33.4 Å². The van der Waals surface area contributed by atoms with Gasteiger partial charge in [0.15, 0.2) is 0 Å². The molecule has 3 unspecified atom stereocenters. The molecule has 27 heteroatoms. The van der Waals surface area contributed by atoms with E-state index in [0.29, 0.717) is 53.7 Å². The third kappa shape index (κ3) is 22.7. The molecule has 83 heavy (non-hydrogen) atoms. The summed E-state index contributed by atoms with van der Waals surface area (Å²) in [7, 11) is 7.68. The normalized spacial score (nSPS) is 14.7. The molecule has 422 valence electrons. The largest absolute Gasteiger partial charge is 1.00 e. The third-order valence-corrected chi connectivity index (χ3v) is 15.0. The topological polar surface area (TPSA) is 293 Å². The van der Waals surface area contributed by atoms with E-state index in [1.807, 2.05) is 85.8 Å². The average Bonchev–Trinajstić information content (AvgIpc) is 3.99. The van der Waals surface area contributed by atoms with Crippen molar-refractivity contribution in [1.82, 2.24) is 25.8 Å². The number of nitrogens with one attached hydrogen (secondary N) is 4. The van der Waals surface area contributed by atoms with Gasteiger partial charge in [-0.25, -0.2) is 9.37 Å². The number of hydrogen-bond acceptors (Lipinski definition) is 14. The Labute approximate surface area is 656 Å². The molecule has 2 fully saturated rings. The maximum absolute atomic E-state index is 13.1. The van der Waals surface area contributed by atoms with E-state index < -0.39 is 50.1 Å². The van der Waals surface area contributed by atoms with Gasteiger partial charge in [0.05, 0.1) is 35.9 Å². The quantitative estimate of drug-likeness (QED) is 0.00697. The number of urea groups is 1. The fraction of sp³-hybridized carbons (Fsp3) is 0.429. The van der Waals surface area contributed by atoms with Gasteiger partial charge in [-0.05, 0) is 85.7 Å². The predicted octanol–water partition coefficient (Wildman–Crippen LogP) is -7.60. The van der Waals surface area contributed by atoms with Crippen LogP contribution in [-0.4, -0.2) is 166 Å². The molecule has 4 amide bonds. The number of nitrogens with zero attached hydrogens (tertiary/aromatic N) is 4. The van der Waals surface area contributed by atoms with E-state index in [9.17, 15) is 54.0 Å². The summed E-state index contributed by atoms with van der Waals surface area (Å²) < 4.78 is 21.0. The van der Waals surface area contributed by atoms with Crippen LogP contribution in [0.3, 0.4) is 0 Å². The first-order valence-corrected chi connectivity index (χ1v) is 27.2. The molecule has 0 spiro atoms. The molecule has 0 saturated carbocycles. The number of carbonyl (C=O) groups excluding carboxylic acids is 3. The van der Waals surface area contributed by atoms with Crippen molar-refractivity contribution in [2.45, 2.75) is 68.7 Å². The Kier molecular flexibility index (Phi) is 34.0. The first-order valence-electron chi connectivity index (χ1n) is 26.1. The van der Waals surface area contributed by atoms with Gasteiger partial charge in [-0.1, -0.05) is 18.6 Å². The van der Waals surface area contributed by atoms with Crippen LogP contribution in [0.5, 0.6) is 11.5 Å². The van der Waals surface area contributed by atoms with Crippen LogP contribution in [0.2, 0.25) is 0 Å². The number of carboxylic acid groups (broad SMARTS) is 4. The first-order chi connectivity index (χ1) is 37.8. The number of ether oxygens (including phenoxy) is 2. The number of anilines is 3. The van der Waals surface area contributed by atoms with Gasteiger partial charge in [-0.15, -0.1) is 0 Å². The molecular weight excluding hydrogens is 1200 g/mol. The monoisotopic (exact) mass is 1270 g/mol. The van der Waals surface area contributed by atoms with Gasteiger partial charge in [-0.2, -0.15) is 11.8 Å². The van der Waals surface area contributed by atoms with Gasteiger partial charge >= 0.3 is 235 Å². The fourth-order valence-corrected chi connectivity index (χ4v) is 11.3. The van der Waals surface area contributed by atoms with E-state index in [0.717, 1.165) is 75.2 Å². The molecule has 0 bridgehead atoms. The third-order valence-electron chi connectivity index (χ3n) is 13.5. The second-order valence-electron chi connectivity index (χ2n) is 19.9. The summed E-state index contributed by atoms with van der Waals surface area (Å²) in [5.41, 5.74) is 4.38. The summed E-state index contributed by atoms with van der Waals surface area (Å²) in [5, 5.41) is 53.1. The number of amides is 4. The van der Waals surface area contributed by atoms with Crippen LogP contribution in [0.1, 0.15) is 50.5 Å². The maximum atomic E-state index is 13.1. The van der Waals surface area contributed by atoms with Crippen LogP contribution >= 0.6 is 11.8 Å². The van der Waals surface area contributed by atoms with Gasteiger partial charge < -0.3 is 70.3 Å². The van der Waals surface area contributed by atoms with Crippen molar-refractivity contribution in [3.05, 3.63) is 83.7 Å². The number of aliphatic carboxylic acids is 4. The molecule has 0 radical (unpaired) electrons. The van der Waals surface area contributed by atoms with Gasteiger partial charge in [0.2, 0.25) is 17.2 Å². The minimum absolute atomic E-state index is 0. The number of unbranched alkanes of at least 4 members (excludes halogenated alkanes) is 3. The van der Waals surface area contributed by atoms with Crippen molar-refractivity contribution in [2.75, 3.05) is 101 Å². The Morgan fingerprint density at radius 3 is 1.94 bits per heavy atom. The van der Waals surface area contributed by atoms with Crippen LogP contribution in [0.15, 0.2) is 77.2 Å². The van der Waals surface area contributed by atoms with Crippen LogP contribution in [-0.2, 0) is 35.2 Å². The van der Waals surface area contributed by atoms with Gasteiger partial charge in [0, 0.05) is 78.9 Å². The summed E-state index contributed by atoms with van der Waals surface area (Å²) in [5.74, 6) is -3.79. The van der Waals surface area contributed by atoms with Crippen LogP contribution in [0, 0.1) is 0 Å². The summed E-state index contributed by atoms with van der Waals surface area (Å²) >= 11 is 1.86. The molecule has 3 aliphatic heterocycles. The summed E-state index contributed by atoms with van der Waals surface area (Å²) in [6, 6.07) is 21.5. The number of thioether (sulfide) groups is 1. The summed E-state index contributed by atoms with van der Waals surface area (Å²) in [4.78, 5) is 89.6. The molecule has 2 saturated heterocycles. The maximum Gasteiger partial charge on any atom is 1.00 e. The molecule has 3 aromatic rings. The minimum Gasteiger partial charge on any atom is -0.488 e. The molecule has 7 rings (SSSR count). The van der Waals surface area contributed by atoms with E-state index >= 15 is 0 Å². The van der Waals surface area contributed by atoms with E-state index in [1.54, 1.807) is 24.3 Å². The van der Waals surface area contributed by atoms with E-state index in [-0.39, 0.29) is 278 Å². The number of carboxylic acids is 4. The van der Waals surface area contributed by atoms with Crippen molar-refractivity contribution >= 4 is 81.5 Å². The number of fused-ring (bicyclic) bond motifs is 3. The number of rotatable bonds is 30. The number of hydrogen-bond donors (Lipinski definition) is 8. The Morgan fingerprint density at radius 2 is 1.31 bits per heavy atom. The van der Waals surface area contributed by atoms with E-state index in [2.05, 4.69) is 21.3 Å². The standard InChI is InChI=1S/C56H68N8O14S.4K/c1-61(2)36-14-16-38-44(27-36)78-45-28-37(62(3)4)15-17-39(45)54(38)35-13-18-41(63(29-50(67)68)30-51(69)70)46(26-35)77-23-22-76-43-19-12-34(24-42(43)64(31-52(71)72)32-53(73)74)25-49(66)58-21-9-5-8-20-57-48(65)11-7-6-10-47-55-40(33-79-47)59-56(75)60-55;;;;/h12-19,24,26-28,40,47,55H,5-11,20-23,25,29-33H2,1-4H3,(H7-,57,58,59,60,65,66,67,68,69,70,71,72,73,74,75);;;;/q;4*+1/p+1. The van der Waals surface area contributed by atoms with Gasteiger partial charge in [0.25, 0.3) is 0 Å². The Hall–Kier alpha value is -1.66. The smallest absolute Gasteiger partial charge is 0.488 e. The SMILES string of the molecule is CN(C)c1ccc2c(-c3ccc(N(CC(=O)O)CC(=O)O)c(OCCOc4ccc(CC(=O)NCCCCCNC(=O)CCCCC5SCC6NC(=O)NC65)cc4N(CC(=O)O)CC(=O)O)c3)c3ccc(=[N+](C)C)cc-3oc2c1.[K+].[K+].[K+].[K+]. The van der Waals surface area contributed by atoms with E-state index in [4.69, 9.17) is 13.9 Å². The Morgan fingerprint density at radius 1 is 0.687 bits per heavy atom. The first kappa shape index (κ1) is 75.6. The van der Waals surface area contributed by atoms with Crippen molar-refractivity contribution in [3.63, 3.8) is 0 Å². The minimum atomic E-state index is -1.31. The second kappa shape index (κ2) is 37.4. The molecule has 3 atom stereocenters. The van der Waals surface area contributed by atoms with Crippen molar-refractivity contribution in [3.8, 4) is 33.9 Å². The van der Waals surface area contributed by atoms with Crippen molar-refractivity contribution in [2.24, 2.45) is 0 Å². The zero-order chi connectivity index (χ0) is 56.8. The molecule has 8 N–H and O–H groups in total. The van der Waals surface area contributed by atoms with Crippen molar-refractivity contribution in [1.29, 1.82) is 0 Å². The summed E-state index contributed by atoms with van der Waals surface area (Å²) in [6.07, 6.45) is 5.08. The Bertz CT molecular complexity index is 3080. The van der Waals surface area contributed by atoms with Crippen molar-refractivity contribution < 1.29 is 273 Å². The second-order valence-corrected chi connectivity index (χ2v) is 21.2. The van der Waals surface area contributed by atoms with E-state index in [1.165, 1.54) is 12.1 Å². The molecule has 4 aliphatic rings. The van der Waals surface area contributed by atoms with Crippen LogP contribution in [0.4, 0.5) is 21.9 Å².